The van der Waals surface area contributed by atoms with Gasteiger partial charge in [-0.2, -0.15) is 0 Å². The van der Waals surface area contributed by atoms with Crippen LogP contribution in [0.5, 0.6) is 11.5 Å². The number of fused-ring (bicyclic) bond motifs is 1. The van der Waals surface area contributed by atoms with E-state index in [0.29, 0.717) is 37.4 Å². The average Bonchev–Trinajstić information content (AvgIpc) is 3.54. The fourth-order valence-corrected chi connectivity index (χ4v) is 4.82. The van der Waals surface area contributed by atoms with E-state index in [1.54, 1.807) is 6.20 Å². The predicted octanol–water partition coefficient (Wildman–Crippen LogP) is 3.63. The van der Waals surface area contributed by atoms with Gasteiger partial charge in [0.05, 0.1) is 16.6 Å². The van der Waals surface area contributed by atoms with Gasteiger partial charge >= 0.3 is 0 Å². The summed E-state index contributed by atoms with van der Waals surface area (Å²) in [6.45, 7) is 1.35. The van der Waals surface area contributed by atoms with Crippen LogP contribution in [0.2, 0.25) is 0 Å². The minimum Gasteiger partial charge on any atom is -0.454 e. The Kier molecular flexibility index (Phi) is 5.77. The molecule has 2 amide bonds. The summed E-state index contributed by atoms with van der Waals surface area (Å²) in [5, 5.41) is 5.09. The van der Waals surface area contributed by atoms with E-state index in [2.05, 4.69) is 10.3 Å². The van der Waals surface area contributed by atoms with Crippen LogP contribution < -0.4 is 14.8 Å². The van der Waals surface area contributed by atoms with Crippen molar-refractivity contribution < 1.29 is 19.1 Å². The topological polar surface area (TPSA) is 80.8 Å². The highest BCUT2D eigenvalue weighted by Gasteiger charge is 2.30. The van der Waals surface area contributed by atoms with Crippen molar-refractivity contribution in [3.8, 4) is 11.5 Å². The molecule has 1 unspecified atom stereocenters. The molecule has 164 valence electrons. The molecule has 4 heterocycles. The highest BCUT2D eigenvalue weighted by atomic mass is 32.1. The van der Waals surface area contributed by atoms with Crippen molar-refractivity contribution >= 4 is 23.2 Å². The first kappa shape index (κ1) is 20.5. The molecule has 32 heavy (non-hydrogen) atoms. The van der Waals surface area contributed by atoms with Crippen molar-refractivity contribution in [1.29, 1.82) is 0 Å². The number of carbonyl (C=O) groups is 2. The normalized spacial score (nSPS) is 16.6. The van der Waals surface area contributed by atoms with E-state index < -0.39 is 6.04 Å². The zero-order valence-electron chi connectivity index (χ0n) is 17.4. The lowest BCUT2D eigenvalue weighted by atomic mass is 9.94. The maximum Gasteiger partial charge on any atom is 0.263 e. The number of ether oxygens (including phenoxy) is 2. The second-order valence-corrected chi connectivity index (χ2v) is 8.80. The molecule has 1 N–H and O–H groups in total. The van der Waals surface area contributed by atoms with E-state index in [4.69, 9.17) is 9.47 Å². The summed E-state index contributed by atoms with van der Waals surface area (Å²) >= 11 is 1.45. The number of rotatable bonds is 5. The number of likely N-dealkylation sites (tertiary alicyclic amines) is 1. The zero-order chi connectivity index (χ0) is 21.9. The van der Waals surface area contributed by atoms with Crippen LogP contribution in [-0.2, 0) is 4.79 Å². The molecular formula is C24H23N3O4S. The number of aromatic nitrogens is 1. The van der Waals surface area contributed by atoms with E-state index in [1.807, 2.05) is 58.8 Å². The molecule has 5 rings (SSSR count). The van der Waals surface area contributed by atoms with E-state index in [0.717, 1.165) is 16.1 Å². The third-order valence-electron chi connectivity index (χ3n) is 5.89. The van der Waals surface area contributed by atoms with Crippen molar-refractivity contribution in [3.05, 3.63) is 76.2 Å². The fourth-order valence-electron chi connectivity index (χ4n) is 4.13. The lowest BCUT2D eigenvalue weighted by Crippen LogP contribution is -2.43. The molecule has 0 bridgehead atoms. The second-order valence-electron chi connectivity index (χ2n) is 7.85. The Bertz CT molecular complexity index is 1100. The number of nitrogens with zero attached hydrogens (tertiary/aromatic N) is 2. The van der Waals surface area contributed by atoms with Gasteiger partial charge in [-0.25, -0.2) is 0 Å². The Labute approximate surface area is 190 Å². The predicted molar refractivity (Wildman–Crippen MR) is 120 cm³/mol. The first-order valence-corrected chi connectivity index (χ1v) is 11.5. The number of hydrogen-bond acceptors (Lipinski definition) is 6. The Morgan fingerprint density at radius 3 is 2.66 bits per heavy atom. The van der Waals surface area contributed by atoms with Crippen LogP contribution in [0.3, 0.4) is 0 Å². The van der Waals surface area contributed by atoms with Crippen molar-refractivity contribution in [3.63, 3.8) is 0 Å². The summed E-state index contributed by atoms with van der Waals surface area (Å²) in [6.07, 6.45) is 2.99. The number of benzene rings is 1. The molecule has 2 aromatic heterocycles. The Morgan fingerprint density at radius 2 is 1.91 bits per heavy atom. The molecule has 1 atom stereocenters. The molecule has 0 saturated carbocycles. The number of carbonyl (C=O) groups excluding carboxylic acids is 2. The third kappa shape index (κ3) is 4.18. The van der Waals surface area contributed by atoms with Gasteiger partial charge in [-0.3, -0.25) is 14.6 Å². The summed E-state index contributed by atoms with van der Waals surface area (Å²) in [5.41, 5.74) is 1.64. The number of piperidine rings is 1. The Morgan fingerprint density at radius 1 is 1.06 bits per heavy atom. The second kappa shape index (κ2) is 9.00. The number of nitrogens with one attached hydrogen (secondary N) is 1. The van der Waals surface area contributed by atoms with Crippen LogP contribution in [0.15, 0.2) is 60.1 Å². The smallest absolute Gasteiger partial charge is 0.263 e. The Hall–Kier alpha value is -3.39. The number of amides is 2. The van der Waals surface area contributed by atoms with Crippen LogP contribution in [0.4, 0.5) is 0 Å². The van der Waals surface area contributed by atoms with Crippen molar-refractivity contribution in [1.82, 2.24) is 15.2 Å². The standard InChI is InChI=1S/C24H23N3O4S/c28-23(16-8-11-27(12-9-16)24(29)21-5-3-13-32-21)26-22(18-4-1-2-10-25-18)17-6-7-19-20(14-17)31-15-30-19/h1-7,10,13-14,16,22H,8-9,11-12,15H2,(H,26,28). The maximum absolute atomic E-state index is 13.2. The molecule has 1 saturated heterocycles. The molecule has 0 radical (unpaired) electrons. The van der Waals surface area contributed by atoms with E-state index in [-0.39, 0.29) is 24.5 Å². The van der Waals surface area contributed by atoms with E-state index in [9.17, 15) is 9.59 Å². The van der Waals surface area contributed by atoms with Gasteiger partial charge in [-0.15, -0.1) is 11.3 Å². The molecule has 7 nitrogen and oxygen atoms in total. The summed E-state index contributed by atoms with van der Waals surface area (Å²) < 4.78 is 10.9. The molecule has 3 aromatic rings. The van der Waals surface area contributed by atoms with Gasteiger partial charge in [0.1, 0.15) is 0 Å². The summed E-state index contributed by atoms with van der Waals surface area (Å²) in [6, 6.07) is 14.7. The summed E-state index contributed by atoms with van der Waals surface area (Å²) in [5.74, 6) is 1.23. The molecule has 0 aliphatic carbocycles. The highest BCUT2D eigenvalue weighted by molar-refractivity contribution is 7.12. The van der Waals surface area contributed by atoms with Crippen LogP contribution >= 0.6 is 11.3 Å². The fraction of sp³-hybridized carbons (Fsp3) is 0.292. The summed E-state index contributed by atoms with van der Waals surface area (Å²) in [4.78, 5) is 32.8. The van der Waals surface area contributed by atoms with Crippen LogP contribution in [-0.4, -0.2) is 41.6 Å². The van der Waals surface area contributed by atoms with Crippen molar-refractivity contribution in [2.75, 3.05) is 19.9 Å². The molecule has 8 heteroatoms. The highest BCUT2D eigenvalue weighted by Crippen LogP contribution is 2.35. The molecule has 1 fully saturated rings. The lowest BCUT2D eigenvalue weighted by Gasteiger charge is -2.32. The molecule has 2 aliphatic rings. The third-order valence-corrected chi connectivity index (χ3v) is 6.74. The van der Waals surface area contributed by atoms with Gasteiger partial charge in [-0.1, -0.05) is 18.2 Å². The quantitative estimate of drug-likeness (QED) is 0.643. The van der Waals surface area contributed by atoms with Gasteiger partial charge in [0.25, 0.3) is 5.91 Å². The maximum atomic E-state index is 13.2. The molecule has 2 aliphatic heterocycles. The first-order chi connectivity index (χ1) is 15.7. The monoisotopic (exact) mass is 449 g/mol. The van der Waals surface area contributed by atoms with E-state index >= 15 is 0 Å². The van der Waals surface area contributed by atoms with Crippen LogP contribution in [0, 0.1) is 5.92 Å². The minimum absolute atomic E-state index is 0.0263. The average molecular weight is 450 g/mol. The number of thiophene rings is 1. The Balaban J connectivity index is 1.29. The minimum atomic E-state index is -0.399. The largest absolute Gasteiger partial charge is 0.454 e. The van der Waals surface area contributed by atoms with Crippen LogP contribution in [0.25, 0.3) is 0 Å². The van der Waals surface area contributed by atoms with Gasteiger partial charge in [0.15, 0.2) is 11.5 Å². The van der Waals surface area contributed by atoms with Gasteiger partial charge in [0, 0.05) is 25.2 Å². The molecular weight excluding hydrogens is 426 g/mol. The van der Waals surface area contributed by atoms with Crippen molar-refractivity contribution in [2.24, 2.45) is 5.92 Å². The number of pyridine rings is 1. The lowest BCUT2D eigenvalue weighted by molar-refractivity contribution is -0.126. The molecule has 0 spiro atoms. The number of hydrogen-bond donors (Lipinski definition) is 1. The van der Waals surface area contributed by atoms with Gasteiger partial charge in [0.2, 0.25) is 12.7 Å². The van der Waals surface area contributed by atoms with E-state index in [1.165, 1.54) is 11.3 Å². The van der Waals surface area contributed by atoms with Crippen LogP contribution in [0.1, 0.15) is 39.8 Å². The van der Waals surface area contributed by atoms with Gasteiger partial charge < -0.3 is 19.7 Å². The first-order valence-electron chi connectivity index (χ1n) is 10.6. The van der Waals surface area contributed by atoms with Crippen molar-refractivity contribution in [2.45, 2.75) is 18.9 Å². The zero-order valence-corrected chi connectivity index (χ0v) is 18.2. The van der Waals surface area contributed by atoms with Gasteiger partial charge in [-0.05, 0) is 54.1 Å². The SMILES string of the molecule is O=C(NC(c1ccc2c(c1)OCO2)c1ccccn1)C1CCN(C(=O)c2cccs2)CC1. The molecule has 1 aromatic carbocycles. The summed E-state index contributed by atoms with van der Waals surface area (Å²) in [7, 11) is 0.